The monoisotopic (exact) mass is 222 g/mol. The highest BCUT2D eigenvalue weighted by Gasteiger charge is 1.98. The van der Waals surface area contributed by atoms with Gasteiger partial charge in [-0.2, -0.15) is 0 Å². The molecule has 0 aliphatic carbocycles. The van der Waals surface area contributed by atoms with Gasteiger partial charge in [-0.25, -0.2) is 0 Å². The smallest absolute Gasteiger partial charge is 0.119 e. The van der Waals surface area contributed by atoms with Crippen LogP contribution in [0.2, 0.25) is 0 Å². The van der Waals surface area contributed by atoms with E-state index in [1.807, 2.05) is 32.9 Å². The van der Waals surface area contributed by atoms with Crippen LogP contribution in [0.5, 0.6) is 5.75 Å². The fraction of sp³-hybridized carbons (Fsp3) is 0.538. The predicted octanol–water partition coefficient (Wildman–Crippen LogP) is 1.91. The van der Waals surface area contributed by atoms with Gasteiger partial charge in [0.2, 0.25) is 0 Å². The lowest BCUT2D eigenvalue weighted by atomic mass is 10.2. The summed E-state index contributed by atoms with van der Waals surface area (Å²) >= 11 is 0. The van der Waals surface area contributed by atoms with Crippen LogP contribution in [0, 0.1) is 0 Å². The highest BCUT2D eigenvalue weighted by Crippen LogP contribution is 2.13. The minimum atomic E-state index is 0.198. The molecule has 1 unspecified atom stereocenters. The molecule has 90 valence electrons. The minimum absolute atomic E-state index is 0.198. The number of nitrogens with one attached hydrogen (secondary N) is 1. The Morgan fingerprint density at radius 3 is 2.31 bits per heavy atom. The maximum Gasteiger partial charge on any atom is 0.119 e. The van der Waals surface area contributed by atoms with Gasteiger partial charge >= 0.3 is 0 Å². The van der Waals surface area contributed by atoms with Crippen molar-refractivity contribution < 1.29 is 4.74 Å². The van der Waals surface area contributed by atoms with Crippen molar-refractivity contribution in [2.75, 3.05) is 6.54 Å². The average Bonchev–Trinajstić information content (AvgIpc) is 2.19. The van der Waals surface area contributed by atoms with Gasteiger partial charge in [0.25, 0.3) is 0 Å². The second-order valence-electron chi connectivity index (χ2n) is 4.42. The third-order valence-corrected chi connectivity index (χ3v) is 2.09. The molecule has 0 bridgehead atoms. The molecule has 0 amide bonds. The summed E-state index contributed by atoms with van der Waals surface area (Å²) in [5, 5.41) is 3.30. The fourth-order valence-electron chi connectivity index (χ4n) is 1.40. The summed E-state index contributed by atoms with van der Waals surface area (Å²) in [5.41, 5.74) is 6.90. The molecule has 3 nitrogen and oxygen atoms in total. The molecule has 1 rings (SSSR count). The van der Waals surface area contributed by atoms with E-state index in [4.69, 9.17) is 10.5 Å². The van der Waals surface area contributed by atoms with E-state index in [1.54, 1.807) is 0 Å². The van der Waals surface area contributed by atoms with E-state index in [2.05, 4.69) is 17.4 Å². The molecule has 3 heteroatoms. The number of hydrogen-bond acceptors (Lipinski definition) is 3. The number of hydrogen-bond donors (Lipinski definition) is 2. The van der Waals surface area contributed by atoms with Gasteiger partial charge in [-0.15, -0.1) is 0 Å². The van der Waals surface area contributed by atoms with Crippen molar-refractivity contribution >= 4 is 0 Å². The van der Waals surface area contributed by atoms with Crippen molar-refractivity contribution in [3.05, 3.63) is 29.8 Å². The summed E-state index contributed by atoms with van der Waals surface area (Å²) in [6.07, 6.45) is 0.224. The molecule has 1 aromatic carbocycles. The molecule has 1 atom stereocenters. The topological polar surface area (TPSA) is 47.3 Å². The molecular formula is C13H22N2O. The molecule has 0 aliphatic rings. The van der Waals surface area contributed by atoms with Crippen LogP contribution >= 0.6 is 0 Å². The second kappa shape index (κ2) is 6.51. The highest BCUT2D eigenvalue weighted by molar-refractivity contribution is 5.27. The molecular weight excluding hydrogens is 200 g/mol. The third-order valence-electron chi connectivity index (χ3n) is 2.09. The number of nitrogens with two attached hydrogens (primary N) is 1. The van der Waals surface area contributed by atoms with Gasteiger partial charge < -0.3 is 15.8 Å². The van der Waals surface area contributed by atoms with Crippen LogP contribution in [0.25, 0.3) is 0 Å². The van der Waals surface area contributed by atoms with Crippen molar-refractivity contribution in [2.45, 2.75) is 39.5 Å². The first-order chi connectivity index (χ1) is 7.58. The van der Waals surface area contributed by atoms with Crippen molar-refractivity contribution in [1.82, 2.24) is 5.32 Å². The molecule has 0 heterocycles. The molecule has 16 heavy (non-hydrogen) atoms. The fourth-order valence-corrected chi connectivity index (χ4v) is 1.40. The standard InChI is InChI=1S/C13H22N2O/c1-10(2)16-13-6-4-12(5-7-13)9-15-8-11(3)14/h4-7,10-11,15H,8-9,14H2,1-3H3. The van der Waals surface area contributed by atoms with E-state index in [-0.39, 0.29) is 12.1 Å². The lowest BCUT2D eigenvalue weighted by Crippen LogP contribution is -2.30. The maximum absolute atomic E-state index is 5.65. The number of ether oxygens (including phenoxy) is 1. The Labute approximate surface area is 98.0 Å². The van der Waals surface area contributed by atoms with Crippen molar-refractivity contribution in [3.63, 3.8) is 0 Å². The zero-order chi connectivity index (χ0) is 12.0. The van der Waals surface area contributed by atoms with Gasteiger partial charge in [-0.3, -0.25) is 0 Å². The third kappa shape index (κ3) is 5.14. The van der Waals surface area contributed by atoms with Gasteiger partial charge in [0.1, 0.15) is 5.75 Å². The Morgan fingerprint density at radius 1 is 1.19 bits per heavy atom. The van der Waals surface area contributed by atoms with Gasteiger partial charge in [0.05, 0.1) is 6.10 Å². The van der Waals surface area contributed by atoms with Crippen LogP contribution in [0.15, 0.2) is 24.3 Å². The summed E-state index contributed by atoms with van der Waals surface area (Å²) in [5.74, 6) is 0.922. The second-order valence-corrected chi connectivity index (χ2v) is 4.42. The molecule has 1 aromatic rings. The first-order valence-electron chi connectivity index (χ1n) is 5.80. The quantitative estimate of drug-likeness (QED) is 0.773. The van der Waals surface area contributed by atoms with Crippen molar-refractivity contribution in [1.29, 1.82) is 0 Å². The van der Waals surface area contributed by atoms with Crippen LogP contribution in [0.3, 0.4) is 0 Å². The maximum atomic E-state index is 5.65. The summed E-state index contributed by atoms with van der Waals surface area (Å²) in [7, 11) is 0. The number of rotatable bonds is 6. The largest absolute Gasteiger partial charge is 0.491 e. The van der Waals surface area contributed by atoms with E-state index in [0.717, 1.165) is 18.8 Å². The molecule has 0 spiro atoms. The van der Waals surface area contributed by atoms with Crippen LogP contribution < -0.4 is 15.8 Å². The Hall–Kier alpha value is -1.06. The normalized spacial score (nSPS) is 12.8. The minimum Gasteiger partial charge on any atom is -0.491 e. The van der Waals surface area contributed by atoms with E-state index in [0.29, 0.717) is 0 Å². The Balaban J connectivity index is 2.39. The summed E-state index contributed by atoms with van der Waals surface area (Å²) in [6, 6.07) is 8.35. The van der Waals surface area contributed by atoms with E-state index in [9.17, 15) is 0 Å². The molecule has 0 saturated heterocycles. The molecule has 0 aromatic heterocycles. The Bertz CT molecular complexity index is 293. The van der Waals surface area contributed by atoms with E-state index < -0.39 is 0 Å². The van der Waals surface area contributed by atoms with Crippen LogP contribution in [-0.2, 0) is 6.54 Å². The van der Waals surface area contributed by atoms with E-state index in [1.165, 1.54) is 5.56 Å². The molecule has 0 aliphatic heterocycles. The zero-order valence-corrected chi connectivity index (χ0v) is 10.4. The predicted molar refractivity (Wildman–Crippen MR) is 67.6 cm³/mol. The average molecular weight is 222 g/mol. The summed E-state index contributed by atoms with van der Waals surface area (Å²) in [6.45, 7) is 7.73. The molecule has 0 saturated carbocycles. The van der Waals surface area contributed by atoms with Crippen LogP contribution in [-0.4, -0.2) is 18.7 Å². The van der Waals surface area contributed by atoms with Crippen molar-refractivity contribution in [2.24, 2.45) is 5.73 Å². The first kappa shape index (κ1) is 13.0. The van der Waals surface area contributed by atoms with E-state index >= 15 is 0 Å². The molecule has 3 N–H and O–H groups in total. The van der Waals surface area contributed by atoms with Crippen molar-refractivity contribution in [3.8, 4) is 5.75 Å². The molecule has 0 radical (unpaired) electrons. The molecule has 0 fully saturated rings. The summed E-state index contributed by atoms with van der Waals surface area (Å²) < 4.78 is 5.57. The van der Waals surface area contributed by atoms with Gasteiger partial charge in [0.15, 0.2) is 0 Å². The van der Waals surface area contributed by atoms with Gasteiger partial charge in [0, 0.05) is 19.1 Å². The highest BCUT2D eigenvalue weighted by atomic mass is 16.5. The summed E-state index contributed by atoms with van der Waals surface area (Å²) in [4.78, 5) is 0. The lowest BCUT2D eigenvalue weighted by molar-refractivity contribution is 0.242. The first-order valence-corrected chi connectivity index (χ1v) is 5.80. The van der Waals surface area contributed by atoms with Gasteiger partial charge in [-0.05, 0) is 38.5 Å². The lowest BCUT2D eigenvalue weighted by Gasteiger charge is -2.11. The van der Waals surface area contributed by atoms with Crippen LogP contribution in [0.1, 0.15) is 26.3 Å². The zero-order valence-electron chi connectivity index (χ0n) is 10.4. The Kier molecular flexibility index (Phi) is 5.29. The van der Waals surface area contributed by atoms with Crippen LogP contribution in [0.4, 0.5) is 0 Å². The Morgan fingerprint density at radius 2 is 1.81 bits per heavy atom. The number of benzene rings is 1. The van der Waals surface area contributed by atoms with Gasteiger partial charge in [-0.1, -0.05) is 12.1 Å². The SMILES string of the molecule is CC(N)CNCc1ccc(OC(C)C)cc1.